The molecule has 17 heavy (non-hydrogen) atoms. The molecule has 1 unspecified atom stereocenters. The second kappa shape index (κ2) is 5.19. The second-order valence-corrected chi connectivity index (χ2v) is 4.93. The summed E-state index contributed by atoms with van der Waals surface area (Å²) >= 11 is 1.79. The van der Waals surface area contributed by atoms with E-state index in [4.69, 9.17) is 0 Å². The minimum atomic E-state index is 0.377. The Balaban J connectivity index is 2.21. The highest BCUT2D eigenvalue weighted by Crippen LogP contribution is 2.28. The molecule has 0 spiro atoms. The molecular weight excluding hydrogens is 230 g/mol. The lowest BCUT2D eigenvalue weighted by Crippen LogP contribution is -2.20. The fourth-order valence-electron chi connectivity index (χ4n) is 1.72. The zero-order valence-electron chi connectivity index (χ0n) is 10.3. The van der Waals surface area contributed by atoms with Crippen LogP contribution in [0.2, 0.25) is 0 Å². The average molecular weight is 247 g/mol. The molecule has 3 nitrogen and oxygen atoms in total. The van der Waals surface area contributed by atoms with Gasteiger partial charge in [-0.15, -0.1) is 11.3 Å². The SMILES string of the molecule is CNc1cc(N(C)C(C)c2cccs2)ccn1. The fourth-order valence-corrected chi connectivity index (χ4v) is 2.55. The first-order chi connectivity index (χ1) is 8.22. The van der Waals surface area contributed by atoms with Gasteiger partial charge in [0.2, 0.25) is 0 Å². The maximum Gasteiger partial charge on any atom is 0.127 e. The smallest absolute Gasteiger partial charge is 0.127 e. The molecule has 0 aromatic carbocycles. The number of nitrogens with one attached hydrogen (secondary N) is 1. The van der Waals surface area contributed by atoms with Crippen LogP contribution in [0.5, 0.6) is 0 Å². The van der Waals surface area contributed by atoms with Gasteiger partial charge in [-0.1, -0.05) is 6.07 Å². The van der Waals surface area contributed by atoms with Gasteiger partial charge < -0.3 is 10.2 Å². The summed E-state index contributed by atoms with van der Waals surface area (Å²) in [4.78, 5) is 7.86. The highest BCUT2D eigenvalue weighted by Gasteiger charge is 2.13. The quantitative estimate of drug-likeness (QED) is 0.897. The molecule has 0 fully saturated rings. The van der Waals surface area contributed by atoms with E-state index in [0.717, 1.165) is 5.82 Å². The molecule has 0 aliphatic heterocycles. The van der Waals surface area contributed by atoms with Crippen LogP contribution in [0.15, 0.2) is 35.8 Å². The van der Waals surface area contributed by atoms with Gasteiger partial charge in [0.25, 0.3) is 0 Å². The molecule has 1 N–H and O–H groups in total. The maximum absolute atomic E-state index is 4.23. The van der Waals surface area contributed by atoms with E-state index in [2.05, 4.69) is 52.8 Å². The maximum atomic E-state index is 4.23. The molecule has 4 heteroatoms. The molecular formula is C13H17N3S. The van der Waals surface area contributed by atoms with Gasteiger partial charge in [0.1, 0.15) is 5.82 Å². The second-order valence-electron chi connectivity index (χ2n) is 3.95. The summed E-state index contributed by atoms with van der Waals surface area (Å²) in [5, 5.41) is 5.18. The van der Waals surface area contributed by atoms with Crippen LogP contribution >= 0.6 is 11.3 Å². The molecule has 2 aromatic heterocycles. The van der Waals surface area contributed by atoms with Crippen molar-refractivity contribution in [2.45, 2.75) is 13.0 Å². The molecule has 0 saturated carbocycles. The first-order valence-corrected chi connectivity index (χ1v) is 6.50. The van der Waals surface area contributed by atoms with Crippen LogP contribution in [0.25, 0.3) is 0 Å². The van der Waals surface area contributed by atoms with Gasteiger partial charge in [-0.25, -0.2) is 4.98 Å². The summed E-state index contributed by atoms with van der Waals surface area (Å²) in [6.07, 6.45) is 1.83. The summed E-state index contributed by atoms with van der Waals surface area (Å²) in [6.45, 7) is 2.21. The van der Waals surface area contributed by atoms with E-state index >= 15 is 0 Å². The molecule has 0 aliphatic rings. The Morgan fingerprint density at radius 2 is 2.24 bits per heavy atom. The fraction of sp³-hybridized carbons (Fsp3) is 0.308. The molecule has 0 bridgehead atoms. The molecule has 0 amide bonds. The Hall–Kier alpha value is -1.55. The van der Waals surface area contributed by atoms with E-state index in [1.54, 1.807) is 11.3 Å². The van der Waals surface area contributed by atoms with Crippen molar-refractivity contribution in [2.24, 2.45) is 0 Å². The summed E-state index contributed by atoms with van der Waals surface area (Å²) in [5.41, 5.74) is 1.17. The number of rotatable bonds is 4. The van der Waals surface area contributed by atoms with Gasteiger partial charge in [-0.3, -0.25) is 0 Å². The topological polar surface area (TPSA) is 28.2 Å². The minimum absolute atomic E-state index is 0.377. The first-order valence-electron chi connectivity index (χ1n) is 5.62. The van der Waals surface area contributed by atoms with Crippen molar-refractivity contribution >= 4 is 22.8 Å². The minimum Gasteiger partial charge on any atom is -0.373 e. The Morgan fingerprint density at radius 1 is 1.41 bits per heavy atom. The molecule has 0 aliphatic carbocycles. The molecule has 0 radical (unpaired) electrons. The van der Waals surface area contributed by atoms with E-state index < -0.39 is 0 Å². The standard InChI is InChI=1S/C13H17N3S/c1-10(12-5-4-8-17-12)16(3)11-6-7-15-13(9-11)14-2/h4-10H,1-3H3,(H,14,15). The molecule has 90 valence electrons. The third kappa shape index (κ3) is 2.58. The lowest BCUT2D eigenvalue weighted by molar-refractivity contribution is 0.753. The van der Waals surface area contributed by atoms with Crippen molar-refractivity contribution in [3.8, 4) is 0 Å². The number of thiophene rings is 1. The average Bonchev–Trinajstić information content (AvgIpc) is 2.91. The van der Waals surface area contributed by atoms with Gasteiger partial charge in [-0.05, 0) is 24.4 Å². The Morgan fingerprint density at radius 3 is 2.88 bits per heavy atom. The number of anilines is 2. The van der Waals surface area contributed by atoms with Crippen molar-refractivity contribution in [1.82, 2.24) is 4.98 Å². The van der Waals surface area contributed by atoms with Crippen LogP contribution in [0, 0.1) is 0 Å². The normalized spacial score (nSPS) is 12.2. The lowest BCUT2D eigenvalue weighted by Gasteiger charge is -2.26. The van der Waals surface area contributed by atoms with Crippen molar-refractivity contribution in [1.29, 1.82) is 0 Å². The molecule has 2 heterocycles. The molecule has 1 atom stereocenters. The van der Waals surface area contributed by atoms with Crippen LogP contribution in [0.1, 0.15) is 17.8 Å². The van der Waals surface area contributed by atoms with Crippen LogP contribution in [0.3, 0.4) is 0 Å². The predicted molar refractivity (Wildman–Crippen MR) is 74.9 cm³/mol. The van der Waals surface area contributed by atoms with Gasteiger partial charge >= 0.3 is 0 Å². The monoisotopic (exact) mass is 247 g/mol. The third-order valence-electron chi connectivity index (χ3n) is 2.94. The van der Waals surface area contributed by atoms with E-state index in [-0.39, 0.29) is 0 Å². The van der Waals surface area contributed by atoms with Crippen molar-refractivity contribution in [2.75, 3.05) is 24.3 Å². The van der Waals surface area contributed by atoms with E-state index in [1.165, 1.54) is 10.6 Å². The van der Waals surface area contributed by atoms with Gasteiger partial charge in [0, 0.05) is 36.9 Å². The van der Waals surface area contributed by atoms with Crippen LogP contribution in [-0.2, 0) is 0 Å². The summed E-state index contributed by atoms with van der Waals surface area (Å²) in [7, 11) is 3.99. The van der Waals surface area contributed by atoms with E-state index in [9.17, 15) is 0 Å². The Labute approximate surface area is 106 Å². The van der Waals surface area contributed by atoms with E-state index in [0.29, 0.717) is 6.04 Å². The molecule has 2 rings (SSSR count). The number of hydrogen-bond acceptors (Lipinski definition) is 4. The Bertz CT molecular complexity index is 467. The summed E-state index contributed by atoms with van der Waals surface area (Å²) < 4.78 is 0. The van der Waals surface area contributed by atoms with E-state index in [1.807, 2.05) is 19.3 Å². The number of nitrogens with zero attached hydrogens (tertiary/aromatic N) is 2. The van der Waals surface area contributed by atoms with Crippen LogP contribution in [0.4, 0.5) is 11.5 Å². The summed E-state index contributed by atoms with van der Waals surface area (Å²) in [6, 6.07) is 8.74. The van der Waals surface area contributed by atoms with Gasteiger partial charge in [-0.2, -0.15) is 0 Å². The number of aromatic nitrogens is 1. The zero-order chi connectivity index (χ0) is 12.3. The third-order valence-corrected chi connectivity index (χ3v) is 3.99. The number of hydrogen-bond donors (Lipinski definition) is 1. The van der Waals surface area contributed by atoms with Gasteiger partial charge in [0.05, 0.1) is 6.04 Å². The Kier molecular flexibility index (Phi) is 3.64. The van der Waals surface area contributed by atoms with Crippen molar-refractivity contribution in [3.05, 3.63) is 40.7 Å². The number of pyridine rings is 1. The first kappa shape index (κ1) is 11.9. The zero-order valence-corrected chi connectivity index (χ0v) is 11.2. The highest BCUT2D eigenvalue weighted by molar-refractivity contribution is 7.10. The molecule has 2 aromatic rings. The van der Waals surface area contributed by atoms with Crippen molar-refractivity contribution < 1.29 is 0 Å². The van der Waals surface area contributed by atoms with Crippen molar-refractivity contribution in [3.63, 3.8) is 0 Å². The highest BCUT2D eigenvalue weighted by atomic mass is 32.1. The molecule has 0 saturated heterocycles. The largest absolute Gasteiger partial charge is 0.373 e. The lowest BCUT2D eigenvalue weighted by atomic mass is 10.2. The van der Waals surface area contributed by atoms with Crippen LogP contribution < -0.4 is 10.2 Å². The predicted octanol–water partition coefficient (Wildman–Crippen LogP) is 3.38. The van der Waals surface area contributed by atoms with Crippen LogP contribution in [-0.4, -0.2) is 19.1 Å². The summed E-state index contributed by atoms with van der Waals surface area (Å²) in [5.74, 6) is 0.896. The van der Waals surface area contributed by atoms with Gasteiger partial charge in [0.15, 0.2) is 0 Å².